The summed E-state index contributed by atoms with van der Waals surface area (Å²) in [6.07, 6.45) is 4.17. The van der Waals surface area contributed by atoms with Crippen LogP contribution in [0.2, 0.25) is 0 Å². The number of cyclic esters (lactones) is 1. The van der Waals surface area contributed by atoms with E-state index in [2.05, 4.69) is 4.74 Å². The molecule has 1 saturated heterocycles. The zero-order valence-electron chi connectivity index (χ0n) is 7.28. The van der Waals surface area contributed by atoms with Gasteiger partial charge in [-0.15, -0.1) is 0 Å². The Morgan fingerprint density at radius 3 is 2.92 bits per heavy atom. The fourth-order valence-corrected chi connectivity index (χ4v) is 1.62. The van der Waals surface area contributed by atoms with Crippen molar-refractivity contribution >= 4 is 12.0 Å². The minimum atomic E-state index is -0.502. The molecule has 1 aliphatic heterocycles. The van der Waals surface area contributed by atoms with Crippen molar-refractivity contribution in [1.82, 2.24) is 4.90 Å². The molecule has 0 N–H and O–H groups in total. The van der Waals surface area contributed by atoms with E-state index in [0.29, 0.717) is 13.2 Å². The van der Waals surface area contributed by atoms with Crippen LogP contribution in [-0.2, 0) is 9.53 Å². The second kappa shape index (κ2) is 3.20. The third-order valence-electron chi connectivity index (χ3n) is 2.32. The lowest BCUT2D eigenvalue weighted by molar-refractivity contribution is -0.123. The lowest BCUT2D eigenvalue weighted by Gasteiger charge is -2.10. The molecule has 70 valence electrons. The highest BCUT2D eigenvalue weighted by atomic mass is 16.6. The van der Waals surface area contributed by atoms with Crippen molar-refractivity contribution in [3.63, 3.8) is 0 Å². The first-order chi connectivity index (χ1) is 6.29. The number of rotatable bonds is 1. The molecule has 0 radical (unpaired) electrons. The number of hydrogen-bond donors (Lipinski definition) is 0. The molecule has 1 heterocycles. The quantitative estimate of drug-likeness (QED) is 0.608. The number of nitrogens with zero attached hydrogens (tertiary/aromatic N) is 1. The molecule has 2 aliphatic rings. The van der Waals surface area contributed by atoms with Gasteiger partial charge in [0.05, 0.1) is 6.54 Å². The first-order valence-corrected chi connectivity index (χ1v) is 4.46. The van der Waals surface area contributed by atoms with Crippen molar-refractivity contribution in [3.05, 3.63) is 11.6 Å². The zero-order valence-corrected chi connectivity index (χ0v) is 7.28. The van der Waals surface area contributed by atoms with Crippen LogP contribution in [0.5, 0.6) is 0 Å². The maximum Gasteiger partial charge on any atom is 0.416 e. The predicted octanol–water partition coefficient (Wildman–Crippen LogP) is 1.08. The van der Waals surface area contributed by atoms with Crippen molar-refractivity contribution in [1.29, 1.82) is 0 Å². The molecule has 13 heavy (non-hydrogen) atoms. The summed E-state index contributed by atoms with van der Waals surface area (Å²) >= 11 is 0. The molecule has 0 aromatic heterocycles. The van der Waals surface area contributed by atoms with Crippen LogP contribution < -0.4 is 0 Å². The largest absolute Gasteiger partial charge is 0.447 e. The Morgan fingerprint density at radius 2 is 2.38 bits per heavy atom. The van der Waals surface area contributed by atoms with Gasteiger partial charge in [-0.05, 0) is 19.3 Å². The molecule has 2 rings (SSSR count). The highest BCUT2D eigenvalue weighted by Crippen LogP contribution is 2.21. The Kier molecular flexibility index (Phi) is 2.04. The van der Waals surface area contributed by atoms with Crippen molar-refractivity contribution in [2.24, 2.45) is 0 Å². The third kappa shape index (κ3) is 1.43. The molecular formula is C9H11NO3. The van der Waals surface area contributed by atoms with E-state index < -0.39 is 6.09 Å². The fraction of sp³-hybridized carbons (Fsp3) is 0.556. The summed E-state index contributed by atoms with van der Waals surface area (Å²) in [6, 6.07) is 0. The standard InChI is InChI=1S/C9H11NO3/c11-8(7-3-1-2-4-7)10-5-6-13-9(10)12/h3H,1-2,4-6H2. The summed E-state index contributed by atoms with van der Waals surface area (Å²) in [5.41, 5.74) is 0.763. The molecule has 1 fully saturated rings. The van der Waals surface area contributed by atoms with E-state index in [1.165, 1.54) is 4.90 Å². The second-order valence-electron chi connectivity index (χ2n) is 3.19. The Morgan fingerprint density at radius 1 is 1.54 bits per heavy atom. The normalized spacial score (nSPS) is 21.7. The number of carbonyl (C=O) groups is 2. The van der Waals surface area contributed by atoms with Crippen LogP contribution >= 0.6 is 0 Å². The van der Waals surface area contributed by atoms with E-state index in [1.54, 1.807) is 0 Å². The van der Waals surface area contributed by atoms with Gasteiger partial charge < -0.3 is 4.74 Å². The number of imide groups is 1. The first kappa shape index (κ1) is 8.29. The minimum Gasteiger partial charge on any atom is -0.447 e. The fourth-order valence-electron chi connectivity index (χ4n) is 1.62. The van der Waals surface area contributed by atoms with Gasteiger partial charge in [-0.1, -0.05) is 6.08 Å². The van der Waals surface area contributed by atoms with Gasteiger partial charge in [0.1, 0.15) is 6.61 Å². The summed E-state index contributed by atoms with van der Waals surface area (Å²) in [6.45, 7) is 0.729. The van der Waals surface area contributed by atoms with Crippen LogP contribution in [-0.4, -0.2) is 30.1 Å². The molecule has 0 unspecified atom stereocenters. The van der Waals surface area contributed by atoms with Gasteiger partial charge in [0.2, 0.25) is 0 Å². The summed E-state index contributed by atoms with van der Waals surface area (Å²) in [7, 11) is 0. The number of ether oxygens (including phenoxy) is 1. The Bertz CT molecular complexity index is 283. The molecule has 1 aliphatic carbocycles. The number of amides is 2. The Balaban J connectivity index is 2.07. The molecule has 0 spiro atoms. The van der Waals surface area contributed by atoms with Crippen LogP contribution in [0.1, 0.15) is 19.3 Å². The van der Waals surface area contributed by atoms with E-state index in [9.17, 15) is 9.59 Å². The van der Waals surface area contributed by atoms with Crippen LogP contribution in [0, 0.1) is 0 Å². The summed E-state index contributed by atoms with van der Waals surface area (Å²) in [5.74, 6) is -0.167. The summed E-state index contributed by atoms with van der Waals surface area (Å²) < 4.78 is 4.69. The molecule has 4 nitrogen and oxygen atoms in total. The van der Waals surface area contributed by atoms with Crippen LogP contribution in [0.4, 0.5) is 4.79 Å². The van der Waals surface area contributed by atoms with E-state index in [1.807, 2.05) is 6.08 Å². The maximum absolute atomic E-state index is 11.6. The maximum atomic E-state index is 11.6. The number of hydrogen-bond acceptors (Lipinski definition) is 3. The Hall–Kier alpha value is -1.32. The van der Waals surface area contributed by atoms with Gasteiger partial charge >= 0.3 is 6.09 Å². The van der Waals surface area contributed by atoms with E-state index in [0.717, 1.165) is 24.8 Å². The second-order valence-corrected chi connectivity index (χ2v) is 3.19. The smallest absolute Gasteiger partial charge is 0.416 e. The first-order valence-electron chi connectivity index (χ1n) is 4.46. The zero-order chi connectivity index (χ0) is 9.26. The minimum absolute atomic E-state index is 0.167. The summed E-state index contributed by atoms with van der Waals surface area (Å²) in [5, 5.41) is 0. The van der Waals surface area contributed by atoms with Gasteiger partial charge in [0.25, 0.3) is 5.91 Å². The van der Waals surface area contributed by atoms with Crippen molar-refractivity contribution in [3.8, 4) is 0 Å². The highest BCUT2D eigenvalue weighted by molar-refractivity contribution is 6.03. The third-order valence-corrected chi connectivity index (χ3v) is 2.32. The monoisotopic (exact) mass is 181 g/mol. The number of allylic oxidation sites excluding steroid dienone is 1. The van der Waals surface area contributed by atoms with Crippen LogP contribution in [0.25, 0.3) is 0 Å². The lowest BCUT2D eigenvalue weighted by Crippen LogP contribution is -2.32. The van der Waals surface area contributed by atoms with Crippen molar-refractivity contribution in [2.75, 3.05) is 13.2 Å². The predicted molar refractivity (Wildman–Crippen MR) is 45.0 cm³/mol. The average Bonchev–Trinajstić information content (AvgIpc) is 2.72. The molecule has 0 atom stereocenters. The van der Waals surface area contributed by atoms with Crippen LogP contribution in [0.15, 0.2) is 11.6 Å². The summed E-state index contributed by atoms with van der Waals surface area (Å²) in [4.78, 5) is 23.8. The van der Waals surface area contributed by atoms with Gasteiger partial charge in [0.15, 0.2) is 0 Å². The molecular weight excluding hydrogens is 170 g/mol. The topological polar surface area (TPSA) is 46.6 Å². The molecule has 0 bridgehead atoms. The highest BCUT2D eigenvalue weighted by Gasteiger charge is 2.30. The average molecular weight is 181 g/mol. The van der Waals surface area contributed by atoms with E-state index in [-0.39, 0.29) is 5.91 Å². The molecule has 0 aromatic rings. The van der Waals surface area contributed by atoms with Crippen molar-refractivity contribution in [2.45, 2.75) is 19.3 Å². The SMILES string of the molecule is O=C1OCCN1C(=O)C1=CCCC1. The molecule has 0 aromatic carbocycles. The van der Waals surface area contributed by atoms with Gasteiger partial charge in [-0.2, -0.15) is 0 Å². The Labute approximate surface area is 76.2 Å². The van der Waals surface area contributed by atoms with Gasteiger partial charge in [-0.25, -0.2) is 9.69 Å². The van der Waals surface area contributed by atoms with Crippen LogP contribution in [0.3, 0.4) is 0 Å². The lowest BCUT2D eigenvalue weighted by atomic mass is 10.2. The molecule has 4 heteroatoms. The van der Waals surface area contributed by atoms with E-state index in [4.69, 9.17) is 0 Å². The molecule has 0 saturated carbocycles. The van der Waals surface area contributed by atoms with Gasteiger partial charge in [0, 0.05) is 5.57 Å². The number of carbonyl (C=O) groups excluding carboxylic acids is 2. The molecule has 2 amide bonds. The van der Waals surface area contributed by atoms with Crippen molar-refractivity contribution < 1.29 is 14.3 Å². The van der Waals surface area contributed by atoms with E-state index >= 15 is 0 Å². The van der Waals surface area contributed by atoms with Gasteiger partial charge in [-0.3, -0.25) is 4.79 Å².